The second-order valence-electron chi connectivity index (χ2n) is 3.85. The zero-order valence-electron chi connectivity index (χ0n) is 9.66. The molecule has 0 radical (unpaired) electrons. The number of aliphatic hydroxyl groups is 1. The molecule has 1 aromatic carbocycles. The average molecular weight is 222 g/mol. The number of anilines is 1. The van der Waals surface area contributed by atoms with E-state index in [4.69, 9.17) is 10.8 Å². The molecule has 0 aromatic heterocycles. The molecule has 0 aliphatic carbocycles. The number of rotatable bonds is 4. The van der Waals surface area contributed by atoms with Gasteiger partial charge >= 0.3 is 0 Å². The number of nitrogens with one attached hydrogen (secondary N) is 1. The molecule has 0 saturated carbocycles. The first-order valence-corrected chi connectivity index (χ1v) is 5.36. The summed E-state index contributed by atoms with van der Waals surface area (Å²) in [4.78, 5) is 11.8. The first kappa shape index (κ1) is 12.5. The van der Waals surface area contributed by atoms with Crippen LogP contribution < -0.4 is 11.1 Å². The maximum Gasteiger partial charge on any atom is 0.253 e. The summed E-state index contributed by atoms with van der Waals surface area (Å²) < 4.78 is 0. The third-order valence-electron chi connectivity index (χ3n) is 2.50. The number of nitrogens with two attached hydrogens (primary N) is 1. The van der Waals surface area contributed by atoms with Gasteiger partial charge in [0, 0.05) is 5.69 Å². The monoisotopic (exact) mass is 222 g/mol. The molecule has 1 rings (SSSR count). The van der Waals surface area contributed by atoms with Crippen LogP contribution in [0.25, 0.3) is 0 Å². The molecule has 16 heavy (non-hydrogen) atoms. The molecule has 0 spiro atoms. The van der Waals surface area contributed by atoms with Crippen LogP contribution in [-0.4, -0.2) is 23.7 Å². The van der Waals surface area contributed by atoms with Gasteiger partial charge in [-0.1, -0.05) is 18.6 Å². The van der Waals surface area contributed by atoms with E-state index in [0.717, 1.165) is 5.56 Å². The Morgan fingerprint density at radius 3 is 2.81 bits per heavy atom. The topological polar surface area (TPSA) is 75.3 Å². The molecule has 1 aromatic rings. The van der Waals surface area contributed by atoms with E-state index in [1.54, 1.807) is 12.1 Å². The first-order valence-electron chi connectivity index (χ1n) is 5.36. The predicted molar refractivity (Wildman–Crippen MR) is 64.2 cm³/mol. The van der Waals surface area contributed by atoms with Crippen LogP contribution in [0.4, 0.5) is 5.69 Å². The molecule has 0 fully saturated rings. The summed E-state index contributed by atoms with van der Waals surface area (Å²) in [6.45, 7) is 3.74. The maximum absolute atomic E-state index is 11.8. The molecule has 0 saturated heterocycles. The molecule has 88 valence electrons. The van der Waals surface area contributed by atoms with Crippen LogP contribution in [0.3, 0.4) is 0 Å². The number of hydrogen-bond acceptors (Lipinski definition) is 3. The fourth-order valence-corrected chi connectivity index (χ4v) is 1.41. The van der Waals surface area contributed by atoms with Crippen molar-refractivity contribution in [3.63, 3.8) is 0 Å². The summed E-state index contributed by atoms with van der Waals surface area (Å²) in [7, 11) is 0. The minimum Gasteiger partial charge on any atom is -0.398 e. The maximum atomic E-state index is 11.8. The zero-order chi connectivity index (χ0) is 12.1. The van der Waals surface area contributed by atoms with Gasteiger partial charge in [0.2, 0.25) is 0 Å². The van der Waals surface area contributed by atoms with Gasteiger partial charge in [0.15, 0.2) is 0 Å². The van der Waals surface area contributed by atoms with E-state index >= 15 is 0 Å². The quantitative estimate of drug-likeness (QED) is 0.667. The van der Waals surface area contributed by atoms with Crippen LogP contribution in [0.5, 0.6) is 0 Å². The van der Waals surface area contributed by atoms with Crippen molar-refractivity contribution in [1.82, 2.24) is 5.32 Å². The Labute approximate surface area is 95.5 Å². The van der Waals surface area contributed by atoms with Crippen LogP contribution in [0.1, 0.15) is 29.3 Å². The minimum atomic E-state index is -0.234. The number of carbonyl (C=O) groups excluding carboxylic acids is 1. The van der Waals surface area contributed by atoms with E-state index in [1.807, 2.05) is 19.9 Å². The van der Waals surface area contributed by atoms with E-state index < -0.39 is 0 Å². The lowest BCUT2D eigenvalue weighted by atomic mass is 10.1. The molecule has 0 aliphatic rings. The third kappa shape index (κ3) is 2.97. The van der Waals surface area contributed by atoms with Crippen LogP contribution >= 0.6 is 0 Å². The second kappa shape index (κ2) is 5.51. The third-order valence-corrected chi connectivity index (χ3v) is 2.50. The molecular formula is C12H18N2O2. The number of aliphatic hydroxyl groups excluding tert-OH is 1. The number of nitrogen functional groups attached to an aromatic ring is 1. The highest BCUT2D eigenvalue weighted by molar-refractivity contribution is 5.99. The molecule has 0 unspecified atom stereocenters. The van der Waals surface area contributed by atoms with E-state index in [2.05, 4.69) is 5.32 Å². The molecular weight excluding hydrogens is 204 g/mol. The van der Waals surface area contributed by atoms with E-state index in [9.17, 15) is 4.79 Å². The normalized spacial score (nSPS) is 12.2. The van der Waals surface area contributed by atoms with E-state index in [-0.39, 0.29) is 18.6 Å². The van der Waals surface area contributed by atoms with Crippen LogP contribution in [0.2, 0.25) is 0 Å². The standard InChI is InChI=1S/C12H18N2O2/c1-3-9(7-15)14-12(16)10-6-8(2)4-5-11(10)13/h4-6,9,15H,3,7,13H2,1-2H3,(H,14,16)/t9-/m1/s1. The molecule has 4 nitrogen and oxygen atoms in total. The van der Waals surface area contributed by atoms with Gasteiger partial charge in [0.1, 0.15) is 0 Å². The highest BCUT2D eigenvalue weighted by Gasteiger charge is 2.13. The number of benzene rings is 1. The fourth-order valence-electron chi connectivity index (χ4n) is 1.41. The van der Waals surface area contributed by atoms with Gasteiger partial charge in [-0.2, -0.15) is 0 Å². The zero-order valence-corrected chi connectivity index (χ0v) is 9.66. The highest BCUT2D eigenvalue weighted by Crippen LogP contribution is 2.13. The Kier molecular flexibility index (Phi) is 4.31. The summed E-state index contributed by atoms with van der Waals surface area (Å²) in [6.07, 6.45) is 0.688. The predicted octanol–water partition coefficient (Wildman–Crippen LogP) is 1.08. The Morgan fingerprint density at radius 2 is 2.25 bits per heavy atom. The van der Waals surface area contributed by atoms with Crippen LogP contribution in [0.15, 0.2) is 18.2 Å². The SMILES string of the molecule is CC[C@H](CO)NC(=O)c1cc(C)ccc1N. The molecule has 4 heteroatoms. The molecule has 0 bridgehead atoms. The molecule has 1 amide bonds. The lowest BCUT2D eigenvalue weighted by molar-refractivity contribution is 0.0916. The molecule has 4 N–H and O–H groups in total. The van der Waals surface area contributed by atoms with Crippen molar-refractivity contribution in [2.24, 2.45) is 0 Å². The Hall–Kier alpha value is -1.55. The summed E-state index contributed by atoms with van der Waals surface area (Å²) in [5, 5.41) is 11.7. The van der Waals surface area contributed by atoms with Gasteiger partial charge < -0.3 is 16.2 Å². The van der Waals surface area contributed by atoms with Crippen LogP contribution in [-0.2, 0) is 0 Å². The van der Waals surface area contributed by atoms with Crippen molar-refractivity contribution in [2.75, 3.05) is 12.3 Å². The number of amides is 1. The highest BCUT2D eigenvalue weighted by atomic mass is 16.3. The van der Waals surface area contributed by atoms with Gasteiger partial charge in [0.05, 0.1) is 18.2 Å². The number of carbonyl (C=O) groups is 1. The van der Waals surface area contributed by atoms with Crippen molar-refractivity contribution in [3.05, 3.63) is 29.3 Å². The summed E-state index contributed by atoms with van der Waals surface area (Å²) in [5.74, 6) is -0.234. The van der Waals surface area contributed by atoms with Gasteiger partial charge in [-0.05, 0) is 25.5 Å². The summed E-state index contributed by atoms with van der Waals surface area (Å²) in [6, 6.07) is 5.10. The number of aryl methyl sites for hydroxylation is 1. The van der Waals surface area contributed by atoms with Crippen molar-refractivity contribution < 1.29 is 9.90 Å². The summed E-state index contributed by atoms with van der Waals surface area (Å²) >= 11 is 0. The molecule has 0 heterocycles. The molecule has 1 atom stereocenters. The summed E-state index contributed by atoms with van der Waals surface area (Å²) in [5.41, 5.74) is 7.63. The van der Waals surface area contributed by atoms with Crippen molar-refractivity contribution in [2.45, 2.75) is 26.3 Å². The van der Waals surface area contributed by atoms with Crippen molar-refractivity contribution >= 4 is 11.6 Å². The van der Waals surface area contributed by atoms with E-state index in [1.165, 1.54) is 0 Å². The largest absolute Gasteiger partial charge is 0.398 e. The lowest BCUT2D eigenvalue weighted by Crippen LogP contribution is -2.37. The Balaban J connectivity index is 2.83. The fraction of sp³-hybridized carbons (Fsp3) is 0.417. The second-order valence-corrected chi connectivity index (χ2v) is 3.85. The van der Waals surface area contributed by atoms with Gasteiger partial charge in [-0.3, -0.25) is 4.79 Å². The Morgan fingerprint density at radius 1 is 1.56 bits per heavy atom. The number of hydrogen-bond donors (Lipinski definition) is 3. The van der Waals surface area contributed by atoms with Crippen molar-refractivity contribution in [3.8, 4) is 0 Å². The van der Waals surface area contributed by atoms with Gasteiger partial charge in [-0.15, -0.1) is 0 Å². The van der Waals surface area contributed by atoms with E-state index in [0.29, 0.717) is 17.7 Å². The van der Waals surface area contributed by atoms with Gasteiger partial charge in [-0.25, -0.2) is 0 Å². The minimum absolute atomic E-state index is 0.0615. The smallest absolute Gasteiger partial charge is 0.253 e. The molecule has 0 aliphatic heterocycles. The lowest BCUT2D eigenvalue weighted by Gasteiger charge is -2.15. The first-order chi connectivity index (χ1) is 7.58. The average Bonchev–Trinajstić information content (AvgIpc) is 2.28. The van der Waals surface area contributed by atoms with Crippen LogP contribution in [0, 0.1) is 6.92 Å². The van der Waals surface area contributed by atoms with Gasteiger partial charge in [0.25, 0.3) is 5.91 Å². The van der Waals surface area contributed by atoms with Crippen molar-refractivity contribution in [1.29, 1.82) is 0 Å². The Bertz CT molecular complexity index is 373.